The van der Waals surface area contributed by atoms with Crippen molar-refractivity contribution in [2.24, 2.45) is 0 Å². The largest absolute Gasteiger partial charge is 0.461 e. The highest BCUT2D eigenvalue weighted by Gasteiger charge is 2.12. The van der Waals surface area contributed by atoms with E-state index in [0.717, 1.165) is 4.47 Å². The zero-order valence-corrected chi connectivity index (χ0v) is 9.69. The van der Waals surface area contributed by atoms with Crippen molar-refractivity contribution in [2.45, 2.75) is 6.92 Å². The number of esters is 1. The number of halogens is 1. The monoisotopic (exact) mass is 268 g/mol. The van der Waals surface area contributed by atoms with Crippen LogP contribution in [0.3, 0.4) is 0 Å². The Hall–Kier alpha value is -1.36. The first-order valence-corrected chi connectivity index (χ1v) is 5.32. The maximum atomic E-state index is 11.6. The maximum Gasteiger partial charge on any atom is 0.355 e. The number of imidazole rings is 1. The van der Waals surface area contributed by atoms with Crippen LogP contribution in [-0.4, -0.2) is 22.0 Å². The molecule has 2 rings (SSSR count). The summed E-state index contributed by atoms with van der Waals surface area (Å²) in [5.74, 6) is -0.340. The van der Waals surface area contributed by atoms with E-state index in [0.29, 0.717) is 17.9 Å². The van der Waals surface area contributed by atoms with E-state index in [-0.39, 0.29) is 5.97 Å². The van der Waals surface area contributed by atoms with Crippen molar-refractivity contribution in [2.75, 3.05) is 6.61 Å². The summed E-state index contributed by atoms with van der Waals surface area (Å²) < 4.78 is 7.49. The molecule has 2 heterocycles. The van der Waals surface area contributed by atoms with Gasteiger partial charge in [0, 0.05) is 12.4 Å². The van der Waals surface area contributed by atoms with Crippen molar-refractivity contribution < 1.29 is 9.53 Å². The second-order valence-corrected chi connectivity index (χ2v) is 3.76. The smallest absolute Gasteiger partial charge is 0.355 e. The van der Waals surface area contributed by atoms with Crippen LogP contribution in [0, 0.1) is 0 Å². The van der Waals surface area contributed by atoms with Gasteiger partial charge in [-0.15, -0.1) is 0 Å². The molecule has 78 valence electrons. The molecule has 0 saturated heterocycles. The first kappa shape index (κ1) is 10.2. The number of nitrogens with zero attached hydrogens (tertiary/aromatic N) is 2. The number of pyridine rings is 1. The quantitative estimate of drug-likeness (QED) is 0.785. The van der Waals surface area contributed by atoms with E-state index in [1.807, 2.05) is 0 Å². The predicted molar refractivity (Wildman–Crippen MR) is 58.8 cm³/mol. The first-order valence-electron chi connectivity index (χ1n) is 4.52. The van der Waals surface area contributed by atoms with E-state index in [4.69, 9.17) is 4.74 Å². The van der Waals surface area contributed by atoms with Crippen LogP contribution in [0.2, 0.25) is 0 Å². The summed E-state index contributed by atoms with van der Waals surface area (Å²) >= 11 is 3.36. The number of rotatable bonds is 2. The van der Waals surface area contributed by atoms with Crippen LogP contribution in [0.1, 0.15) is 17.4 Å². The predicted octanol–water partition coefficient (Wildman–Crippen LogP) is 2.27. The van der Waals surface area contributed by atoms with Gasteiger partial charge in [-0.25, -0.2) is 9.78 Å². The summed E-state index contributed by atoms with van der Waals surface area (Å²) in [6.45, 7) is 2.15. The number of hydrogen-bond donors (Lipinski definition) is 0. The van der Waals surface area contributed by atoms with Crippen LogP contribution in [0.5, 0.6) is 0 Å². The molecule has 0 radical (unpaired) electrons. The second kappa shape index (κ2) is 4.02. The van der Waals surface area contributed by atoms with E-state index in [9.17, 15) is 4.79 Å². The van der Waals surface area contributed by atoms with Crippen LogP contribution in [0.25, 0.3) is 5.65 Å². The van der Waals surface area contributed by atoms with Crippen LogP contribution >= 0.6 is 15.9 Å². The lowest BCUT2D eigenvalue weighted by molar-refractivity contribution is 0.0517. The lowest BCUT2D eigenvalue weighted by Gasteiger charge is -2.05. The summed E-state index contributed by atoms with van der Waals surface area (Å²) in [5, 5.41) is 0. The minimum absolute atomic E-state index is 0.340. The fourth-order valence-electron chi connectivity index (χ4n) is 1.35. The van der Waals surface area contributed by atoms with Crippen LogP contribution in [0.4, 0.5) is 0 Å². The molecule has 0 spiro atoms. The van der Waals surface area contributed by atoms with Gasteiger partial charge in [0.15, 0.2) is 5.65 Å². The van der Waals surface area contributed by atoms with Gasteiger partial charge in [0.25, 0.3) is 0 Å². The van der Waals surface area contributed by atoms with Gasteiger partial charge >= 0.3 is 5.97 Å². The Bertz CT molecular complexity index is 507. The number of fused-ring (bicyclic) bond motifs is 1. The van der Waals surface area contributed by atoms with E-state index < -0.39 is 0 Å². The van der Waals surface area contributed by atoms with E-state index in [1.54, 1.807) is 35.9 Å². The van der Waals surface area contributed by atoms with E-state index in [2.05, 4.69) is 20.9 Å². The third kappa shape index (κ3) is 1.74. The van der Waals surface area contributed by atoms with Gasteiger partial charge in [0.2, 0.25) is 0 Å². The minimum Gasteiger partial charge on any atom is -0.461 e. The van der Waals surface area contributed by atoms with Crippen molar-refractivity contribution in [1.82, 2.24) is 9.38 Å². The van der Waals surface area contributed by atoms with Gasteiger partial charge in [-0.3, -0.25) is 4.40 Å². The molecule has 0 aliphatic rings. The molecule has 0 N–H and O–H groups in total. The Morgan fingerprint density at radius 2 is 2.40 bits per heavy atom. The van der Waals surface area contributed by atoms with Crippen molar-refractivity contribution in [1.29, 1.82) is 0 Å². The topological polar surface area (TPSA) is 43.6 Å². The Balaban J connectivity index is 2.57. The van der Waals surface area contributed by atoms with Gasteiger partial charge in [-0.2, -0.15) is 0 Å². The molecule has 5 heteroatoms. The molecule has 2 aromatic rings. The molecule has 0 bridgehead atoms. The Kier molecular flexibility index (Phi) is 2.73. The van der Waals surface area contributed by atoms with E-state index >= 15 is 0 Å². The van der Waals surface area contributed by atoms with Crippen molar-refractivity contribution in [3.63, 3.8) is 0 Å². The highest BCUT2D eigenvalue weighted by atomic mass is 79.9. The number of ether oxygens (including phenoxy) is 1. The molecule has 0 saturated carbocycles. The average Bonchev–Trinajstić information content (AvgIpc) is 2.68. The molecule has 0 fully saturated rings. The SMILES string of the molecule is CCOC(=O)c1ccc(Br)c2nccn12. The Morgan fingerprint density at radius 3 is 3.13 bits per heavy atom. The Morgan fingerprint density at radius 1 is 1.60 bits per heavy atom. The fraction of sp³-hybridized carbons (Fsp3) is 0.200. The van der Waals surface area contributed by atoms with Crippen molar-refractivity contribution in [3.05, 3.63) is 34.7 Å². The zero-order chi connectivity index (χ0) is 10.8. The van der Waals surface area contributed by atoms with Crippen LogP contribution < -0.4 is 0 Å². The van der Waals surface area contributed by atoms with E-state index in [1.165, 1.54) is 0 Å². The molecule has 2 aromatic heterocycles. The highest BCUT2D eigenvalue weighted by Crippen LogP contribution is 2.18. The normalized spacial score (nSPS) is 10.5. The summed E-state index contributed by atoms with van der Waals surface area (Å²) in [7, 11) is 0. The van der Waals surface area contributed by atoms with Crippen molar-refractivity contribution >= 4 is 27.5 Å². The summed E-state index contributed by atoms with van der Waals surface area (Å²) in [5.41, 5.74) is 1.19. The molecule has 0 aliphatic heterocycles. The lowest BCUT2D eigenvalue weighted by Crippen LogP contribution is -2.09. The fourth-order valence-corrected chi connectivity index (χ4v) is 1.78. The maximum absolute atomic E-state index is 11.6. The van der Waals surface area contributed by atoms with Gasteiger partial charge in [0.05, 0.1) is 11.1 Å². The molecule has 0 amide bonds. The second-order valence-electron chi connectivity index (χ2n) is 2.91. The standard InChI is InChI=1S/C10H9BrN2O2/c1-2-15-10(14)8-4-3-7(11)9-12-5-6-13(8)9/h3-6H,2H2,1H3. The summed E-state index contributed by atoms with van der Waals surface area (Å²) in [6.07, 6.45) is 3.37. The molecule has 0 unspecified atom stereocenters. The highest BCUT2D eigenvalue weighted by molar-refractivity contribution is 9.10. The molecule has 0 atom stereocenters. The van der Waals surface area contributed by atoms with Gasteiger partial charge in [0.1, 0.15) is 5.69 Å². The summed E-state index contributed by atoms with van der Waals surface area (Å²) in [4.78, 5) is 15.7. The molecular formula is C10H9BrN2O2. The summed E-state index contributed by atoms with van der Waals surface area (Å²) in [6, 6.07) is 3.49. The lowest BCUT2D eigenvalue weighted by atomic mass is 10.3. The molecule has 0 aromatic carbocycles. The molecular weight excluding hydrogens is 260 g/mol. The van der Waals surface area contributed by atoms with Crippen LogP contribution in [-0.2, 0) is 4.74 Å². The number of carbonyl (C=O) groups is 1. The van der Waals surface area contributed by atoms with Crippen LogP contribution in [0.15, 0.2) is 29.0 Å². The third-order valence-electron chi connectivity index (χ3n) is 1.99. The minimum atomic E-state index is -0.340. The first-order chi connectivity index (χ1) is 7.24. The number of hydrogen-bond acceptors (Lipinski definition) is 3. The van der Waals surface area contributed by atoms with Gasteiger partial charge in [-0.1, -0.05) is 0 Å². The Labute approximate surface area is 95.0 Å². The average molecular weight is 269 g/mol. The van der Waals surface area contributed by atoms with Crippen molar-refractivity contribution in [3.8, 4) is 0 Å². The molecule has 0 aliphatic carbocycles. The zero-order valence-electron chi connectivity index (χ0n) is 8.11. The van der Waals surface area contributed by atoms with Gasteiger partial charge < -0.3 is 4.74 Å². The number of carbonyl (C=O) groups excluding carboxylic acids is 1. The van der Waals surface area contributed by atoms with Gasteiger partial charge in [-0.05, 0) is 35.0 Å². The number of aromatic nitrogens is 2. The third-order valence-corrected chi connectivity index (χ3v) is 2.60. The molecule has 4 nitrogen and oxygen atoms in total. The molecule has 15 heavy (non-hydrogen) atoms.